The van der Waals surface area contributed by atoms with Crippen molar-refractivity contribution in [3.8, 4) is 5.75 Å². The fourth-order valence-corrected chi connectivity index (χ4v) is 6.65. The molecular weight excluding hydrogens is 648 g/mol. The first-order valence-electron chi connectivity index (χ1n) is 15.8. The Bertz CT molecular complexity index is 1630. The van der Waals surface area contributed by atoms with Crippen LogP contribution in [0, 0.1) is 6.92 Å². The molecule has 11 heteroatoms. The summed E-state index contributed by atoms with van der Waals surface area (Å²) >= 11 is 3.03. The number of hydrogen-bond donors (Lipinski definition) is 2. The third kappa shape index (κ3) is 8.44. The molecular formula is C35H43BrN6O4. The summed E-state index contributed by atoms with van der Waals surface area (Å²) in [6, 6.07) is 15.2. The summed E-state index contributed by atoms with van der Waals surface area (Å²) < 4.78 is 7.90. The molecule has 3 aliphatic rings. The molecule has 6 rings (SSSR count). The molecule has 4 heterocycles. The molecule has 0 aliphatic carbocycles. The number of rotatable bonds is 6. The summed E-state index contributed by atoms with van der Waals surface area (Å²) in [6.45, 7) is 6.14. The maximum Gasteiger partial charge on any atom is 0.282 e. The zero-order chi connectivity index (χ0) is 32.8. The van der Waals surface area contributed by atoms with Crippen molar-refractivity contribution in [2.45, 2.75) is 63.5 Å². The smallest absolute Gasteiger partial charge is 0.282 e. The molecule has 3 N–H and O–H groups in total. The highest BCUT2D eigenvalue weighted by Gasteiger charge is 2.29. The van der Waals surface area contributed by atoms with Gasteiger partial charge < -0.3 is 15.4 Å². The van der Waals surface area contributed by atoms with Crippen molar-refractivity contribution in [1.29, 1.82) is 0 Å². The van der Waals surface area contributed by atoms with Gasteiger partial charge in [-0.1, -0.05) is 36.4 Å². The number of nitrogens with two attached hydrogens (primary N) is 1. The second-order valence-corrected chi connectivity index (χ2v) is 13.2. The number of amides is 2. The van der Waals surface area contributed by atoms with Gasteiger partial charge in [-0.3, -0.25) is 24.6 Å². The van der Waals surface area contributed by atoms with Gasteiger partial charge in [0.25, 0.3) is 5.56 Å². The molecule has 244 valence electrons. The van der Waals surface area contributed by atoms with Gasteiger partial charge in [0.05, 0.1) is 17.8 Å². The van der Waals surface area contributed by atoms with E-state index < -0.39 is 0 Å². The number of carbonyl (C=O) groups is 2. The molecule has 0 saturated carbocycles. The molecule has 0 bridgehead atoms. The third-order valence-corrected chi connectivity index (χ3v) is 9.74. The van der Waals surface area contributed by atoms with Crippen LogP contribution in [-0.4, -0.2) is 64.2 Å². The van der Waals surface area contributed by atoms with Crippen LogP contribution in [0.1, 0.15) is 66.2 Å². The molecule has 0 radical (unpaired) electrons. The number of nitrogens with zero attached hydrogens (tertiary/aromatic N) is 4. The van der Waals surface area contributed by atoms with Crippen LogP contribution in [0.15, 0.2) is 70.2 Å². The van der Waals surface area contributed by atoms with Crippen molar-refractivity contribution < 1.29 is 14.3 Å². The molecule has 0 spiro atoms. The molecule has 2 atom stereocenters. The first kappa shape index (κ1) is 33.4. The molecule has 3 aromatic rings. The van der Waals surface area contributed by atoms with E-state index in [0.29, 0.717) is 28.9 Å². The third-order valence-electron chi connectivity index (χ3n) is 8.94. The second kappa shape index (κ2) is 15.1. The number of hydrogen-bond acceptors (Lipinski definition) is 8. The number of ether oxygens (including phenoxy) is 1. The highest BCUT2D eigenvalue weighted by molar-refractivity contribution is 9.10. The fraction of sp³-hybridized carbons (Fsp3) is 0.429. The number of nitrogen functional groups attached to an aromatic ring is 1. The van der Waals surface area contributed by atoms with E-state index >= 15 is 0 Å². The van der Waals surface area contributed by atoms with Gasteiger partial charge in [0.15, 0.2) is 0 Å². The Morgan fingerprint density at radius 2 is 1.78 bits per heavy atom. The molecule has 1 unspecified atom stereocenters. The van der Waals surface area contributed by atoms with E-state index in [2.05, 4.69) is 79.7 Å². The molecule has 2 saturated heterocycles. The van der Waals surface area contributed by atoms with Gasteiger partial charge in [-0.25, -0.2) is 4.68 Å². The predicted molar refractivity (Wildman–Crippen MR) is 182 cm³/mol. The van der Waals surface area contributed by atoms with Crippen molar-refractivity contribution in [2.75, 3.05) is 32.4 Å². The Morgan fingerprint density at radius 3 is 2.43 bits per heavy atom. The van der Waals surface area contributed by atoms with Crippen molar-refractivity contribution in [1.82, 2.24) is 24.9 Å². The van der Waals surface area contributed by atoms with E-state index in [4.69, 9.17) is 10.5 Å². The van der Waals surface area contributed by atoms with Crippen LogP contribution < -0.4 is 21.3 Å². The minimum absolute atomic E-state index is 0.178. The van der Waals surface area contributed by atoms with Gasteiger partial charge in [-0.05, 0) is 89.1 Å². The van der Waals surface area contributed by atoms with Crippen molar-refractivity contribution >= 4 is 33.4 Å². The largest absolute Gasteiger partial charge is 0.490 e. The normalized spacial score (nSPS) is 20.6. The van der Waals surface area contributed by atoms with E-state index in [0.717, 1.165) is 62.3 Å². The highest BCUT2D eigenvalue weighted by Crippen LogP contribution is 2.31. The summed E-state index contributed by atoms with van der Waals surface area (Å²) in [6.07, 6.45) is 10.2. The van der Waals surface area contributed by atoms with E-state index in [1.54, 1.807) is 7.05 Å². The Kier molecular flexibility index (Phi) is 11.0. The van der Waals surface area contributed by atoms with Crippen LogP contribution in [-0.2, 0) is 23.2 Å². The van der Waals surface area contributed by atoms with Crippen LogP contribution >= 0.6 is 15.9 Å². The number of nitrogens with one attached hydrogen (secondary N) is 1. The number of aryl methyl sites for hydroxylation is 2. The van der Waals surface area contributed by atoms with Gasteiger partial charge in [0.1, 0.15) is 16.3 Å². The number of benzene rings is 2. The maximum absolute atomic E-state index is 12.2. The van der Waals surface area contributed by atoms with Gasteiger partial charge >= 0.3 is 0 Å². The zero-order valence-electron chi connectivity index (χ0n) is 26.7. The molecule has 1 aromatic heterocycles. The van der Waals surface area contributed by atoms with E-state index in [9.17, 15) is 14.4 Å². The quantitative estimate of drug-likeness (QED) is 0.360. The minimum atomic E-state index is -0.255. The Balaban J connectivity index is 0.000000356. The first-order valence-corrected chi connectivity index (χ1v) is 16.6. The van der Waals surface area contributed by atoms with Crippen LogP contribution in [0.5, 0.6) is 5.75 Å². The van der Waals surface area contributed by atoms with Crippen LogP contribution in [0.25, 0.3) is 0 Å². The standard InChI is InChI=1S/C30H37N3O3.C5H6BrN3O/c1-21-18-26(9-10-27(21)28-11-12-29(34)31-30(28)35)36-25-13-16-33(17-14-25)19-22-5-7-23(8-6-22)24-4-3-15-32(2)20-24;1-9-5(10)4(6)3(7)2-8-9/h3,5-10,15,18,24-25,28H,4,11-14,16-17,19-20H2,1-2H3,(H,31,34,35);2H,7H2,1H3/t24-,28?;/m0./s1. The Morgan fingerprint density at radius 1 is 1.04 bits per heavy atom. The molecule has 2 aromatic carbocycles. The van der Waals surface area contributed by atoms with Crippen LogP contribution in [0.2, 0.25) is 0 Å². The second-order valence-electron chi connectivity index (χ2n) is 12.5. The van der Waals surface area contributed by atoms with Gasteiger partial charge in [0.2, 0.25) is 11.8 Å². The lowest BCUT2D eigenvalue weighted by atomic mass is 9.88. The lowest BCUT2D eigenvalue weighted by Crippen LogP contribution is -2.39. The highest BCUT2D eigenvalue weighted by atomic mass is 79.9. The minimum Gasteiger partial charge on any atom is -0.490 e. The average molecular weight is 692 g/mol. The summed E-state index contributed by atoms with van der Waals surface area (Å²) in [5.74, 6) is 0.825. The lowest BCUT2D eigenvalue weighted by Gasteiger charge is -2.32. The van der Waals surface area contributed by atoms with Crippen molar-refractivity contribution in [3.63, 3.8) is 0 Å². The summed E-state index contributed by atoms with van der Waals surface area (Å²) in [4.78, 5) is 39.5. The first-order chi connectivity index (χ1) is 22.1. The number of anilines is 1. The van der Waals surface area contributed by atoms with E-state index in [1.165, 1.54) is 22.0 Å². The van der Waals surface area contributed by atoms with Gasteiger partial charge in [-0.2, -0.15) is 5.10 Å². The summed E-state index contributed by atoms with van der Waals surface area (Å²) in [5, 5.41) is 6.15. The monoisotopic (exact) mass is 690 g/mol. The number of carbonyl (C=O) groups excluding carboxylic acids is 2. The number of allylic oxidation sites excluding steroid dienone is 1. The number of halogens is 1. The zero-order valence-corrected chi connectivity index (χ0v) is 28.3. The van der Waals surface area contributed by atoms with Crippen molar-refractivity contribution in [3.05, 3.63) is 98.0 Å². The number of piperidine rings is 2. The molecule has 10 nitrogen and oxygen atoms in total. The van der Waals surface area contributed by atoms with E-state index in [1.807, 2.05) is 25.1 Å². The van der Waals surface area contributed by atoms with E-state index in [-0.39, 0.29) is 29.4 Å². The van der Waals surface area contributed by atoms with Crippen LogP contribution in [0.3, 0.4) is 0 Å². The average Bonchev–Trinajstić information content (AvgIpc) is 3.04. The predicted octanol–water partition coefficient (Wildman–Crippen LogP) is 4.62. The molecule has 46 heavy (non-hydrogen) atoms. The Labute approximate surface area is 278 Å². The summed E-state index contributed by atoms with van der Waals surface area (Å²) in [7, 11) is 3.70. The van der Waals surface area contributed by atoms with Crippen LogP contribution in [0.4, 0.5) is 5.69 Å². The topological polar surface area (TPSA) is 123 Å². The lowest BCUT2D eigenvalue weighted by molar-refractivity contribution is -0.134. The number of likely N-dealkylation sites (N-methyl/N-ethyl adjacent to an activating group) is 1. The number of aromatic nitrogens is 2. The Hall–Kier alpha value is -3.96. The number of imide groups is 1. The molecule has 3 aliphatic heterocycles. The fourth-order valence-electron chi connectivity index (χ4n) is 6.29. The SMILES string of the molecule is Cc1cc(OC2CCN(Cc3ccc([C@H]4CC=CN(C)C4)cc3)CC2)ccc1C1CCC(=O)NC1=O.Cn1ncc(N)c(Br)c1=O. The molecule has 2 fully saturated rings. The summed E-state index contributed by atoms with van der Waals surface area (Å²) in [5.41, 5.74) is 10.3. The molecule has 2 amide bonds. The van der Waals surface area contributed by atoms with Crippen molar-refractivity contribution in [2.24, 2.45) is 7.05 Å². The van der Waals surface area contributed by atoms with Gasteiger partial charge in [0, 0.05) is 52.6 Å². The number of likely N-dealkylation sites (tertiary alicyclic amines) is 1. The van der Waals surface area contributed by atoms with Gasteiger partial charge in [-0.15, -0.1) is 0 Å². The maximum atomic E-state index is 12.2.